The molecule has 1 heterocycles. The number of amides is 3. The van der Waals surface area contributed by atoms with Crippen molar-refractivity contribution in [3.63, 3.8) is 0 Å². The number of carbonyl (C=O) groups is 3. The lowest BCUT2D eigenvalue weighted by Crippen LogP contribution is -2.57. The van der Waals surface area contributed by atoms with Crippen LogP contribution < -0.4 is 21.1 Å². The van der Waals surface area contributed by atoms with Gasteiger partial charge in [-0.05, 0) is 48.1 Å². The summed E-state index contributed by atoms with van der Waals surface area (Å²) in [6, 6.07) is 4.19. The number of rotatable bonds is 13. The fourth-order valence-corrected chi connectivity index (χ4v) is 4.77. The smallest absolute Gasteiger partial charge is 0.243 e. The number of benzene rings is 1. The Morgan fingerprint density at radius 2 is 1.85 bits per heavy atom. The van der Waals surface area contributed by atoms with Crippen molar-refractivity contribution in [2.45, 2.75) is 91.3 Å². The zero-order valence-corrected chi connectivity index (χ0v) is 24.1. The third-order valence-corrected chi connectivity index (χ3v) is 7.26. The van der Waals surface area contributed by atoms with Crippen molar-refractivity contribution in [3.05, 3.63) is 29.8 Å². The van der Waals surface area contributed by atoms with Crippen molar-refractivity contribution in [1.82, 2.24) is 15.5 Å². The summed E-state index contributed by atoms with van der Waals surface area (Å²) in [6.45, 7) is 10.3. The van der Waals surface area contributed by atoms with E-state index in [9.17, 15) is 23.2 Å². The molecule has 1 unspecified atom stereocenters. The standard InChI is InChI=1S/C29H46F2N4O4/c1-18(2)11-12-19-15-22(35(17-19)28(38)25(32)29(3,4)5)27(37)34-21(16-24(30)31)26(36)33-14-13-20-9-7-8-10-23(20)39-6/h7-10,18-19,21-22,24-25H,11-17,32H2,1-6H3,(H,33,36)(H,34,37)/t19?,21-,22-,25+/m0/s1. The predicted octanol–water partition coefficient (Wildman–Crippen LogP) is 3.52. The normalized spacial score (nSPS) is 19.2. The molecule has 1 aromatic carbocycles. The first kappa shape index (κ1) is 32.5. The molecular formula is C29H46F2N4O4. The molecule has 39 heavy (non-hydrogen) atoms. The molecule has 220 valence electrons. The molecule has 3 amide bonds. The summed E-state index contributed by atoms with van der Waals surface area (Å²) in [4.78, 5) is 41.1. The number of nitrogens with one attached hydrogen (secondary N) is 2. The van der Waals surface area contributed by atoms with Gasteiger partial charge in [-0.25, -0.2) is 8.78 Å². The topological polar surface area (TPSA) is 114 Å². The van der Waals surface area contributed by atoms with Gasteiger partial charge in [0.15, 0.2) is 0 Å². The molecule has 1 aromatic rings. The van der Waals surface area contributed by atoms with Crippen molar-refractivity contribution in [1.29, 1.82) is 0 Å². The number of carbonyl (C=O) groups excluding carboxylic acids is 3. The molecule has 0 aromatic heterocycles. The van der Waals surface area contributed by atoms with Gasteiger partial charge in [-0.1, -0.05) is 59.2 Å². The van der Waals surface area contributed by atoms with Crippen LogP contribution in [0.4, 0.5) is 8.78 Å². The van der Waals surface area contributed by atoms with Crippen LogP contribution in [-0.4, -0.2) is 67.4 Å². The molecule has 1 fully saturated rings. The van der Waals surface area contributed by atoms with Crippen LogP contribution >= 0.6 is 0 Å². The Morgan fingerprint density at radius 1 is 1.18 bits per heavy atom. The number of hydrogen-bond donors (Lipinski definition) is 3. The molecule has 8 nitrogen and oxygen atoms in total. The molecule has 1 aliphatic rings. The van der Waals surface area contributed by atoms with Crippen molar-refractivity contribution >= 4 is 17.7 Å². The lowest BCUT2D eigenvalue weighted by atomic mass is 9.86. The maximum atomic E-state index is 13.4. The lowest BCUT2D eigenvalue weighted by molar-refractivity contribution is -0.142. The maximum absolute atomic E-state index is 13.4. The van der Waals surface area contributed by atoms with E-state index < -0.39 is 48.2 Å². The SMILES string of the molecule is COc1ccccc1CCNC(=O)[C@H](CC(F)F)NC(=O)[C@@H]1CC(CCC(C)C)CN1C(=O)[C@@H](N)C(C)(C)C. The number of para-hydroxylation sites is 1. The van der Waals surface area contributed by atoms with E-state index in [0.717, 1.165) is 18.4 Å². The molecular weight excluding hydrogens is 506 g/mol. The van der Waals surface area contributed by atoms with Crippen LogP contribution in [0.3, 0.4) is 0 Å². The van der Waals surface area contributed by atoms with Crippen LogP contribution in [0.5, 0.6) is 5.75 Å². The van der Waals surface area contributed by atoms with Crippen molar-refractivity contribution in [3.8, 4) is 5.75 Å². The summed E-state index contributed by atoms with van der Waals surface area (Å²) in [5.74, 6) is -0.437. The number of halogens is 2. The fraction of sp³-hybridized carbons (Fsp3) is 0.690. The molecule has 0 aliphatic carbocycles. The maximum Gasteiger partial charge on any atom is 0.243 e. The largest absolute Gasteiger partial charge is 0.496 e. The molecule has 1 saturated heterocycles. The fourth-order valence-electron chi connectivity index (χ4n) is 4.77. The Bertz CT molecular complexity index is 967. The summed E-state index contributed by atoms with van der Waals surface area (Å²) in [7, 11) is 1.55. The highest BCUT2D eigenvalue weighted by Gasteiger charge is 2.43. The number of nitrogens with zero attached hydrogens (tertiary/aromatic N) is 1. The first-order valence-corrected chi connectivity index (χ1v) is 13.8. The quantitative estimate of drug-likeness (QED) is 0.347. The van der Waals surface area contributed by atoms with Crippen LogP contribution in [0.25, 0.3) is 0 Å². The van der Waals surface area contributed by atoms with Crippen LogP contribution in [0.15, 0.2) is 24.3 Å². The highest BCUT2D eigenvalue weighted by Crippen LogP contribution is 2.31. The Morgan fingerprint density at radius 3 is 2.44 bits per heavy atom. The van der Waals surface area contributed by atoms with E-state index in [4.69, 9.17) is 10.5 Å². The molecule has 0 radical (unpaired) electrons. The molecule has 0 bridgehead atoms. The minimum Gasteiger partial charge on any atom is -0.496 e. The molecule has 4 N–H and O–H groups in total. The highest BCUT2D eigenvalue weighted by molar-refractivity contribution is 5.93. The zero-order chi connectivity index (χ0) is 29.3. The van der Waals surface area contributed by atoms with Crippen LogP contribution in [0.1, 0.15) is 65.9 Å². The van der Waals surface area contributed by atoms with E-state index in [2.05, 4.69) is 24.5 Å². The molecule has 2 rings (SSSR count). The van der Waals surface area contributed by atoms with Gasteiger partial charge in [0, 0.05) is 19.5 Å². The van der Waals surface area contributed by atoms with Gasteiger partial charge >= 0.3 is 0 Å². The van der Waals surface area contributed by atoms with E-state index in [1.807, 2.05) is 39.0 Å². The molecule has 1 aliphatic heterocycles. The Balaban J connectivity index is 2.13. The lowest BCUT2D eigenvalue weighted by Gasteiger charge is -2.33. The van der Waals surface area contributed by atoms with E-state index in [-0.39, 0.29) is 18.4 Å². The monoisotopic (exact) mass is 552 g/mol. The molecule has 10 heteroatoms. The molecule has 4 atom stereocenters. The van der Waals surface area contributed by atoms with Gasteiger partial charge in [0.2, 0.25) is 24.1 Å². The molecule has 0 saturated carbocycles. The Hall–Kier alpha value is -2.75. The zero-order valence-electron chi connectivity index (χ0n) is 24.1. The van der Waals surface area contributed by atoms with Gasteiger partial charge in [0.05, 0.1) is 13.2 Å². The first-order chi connectivity index (χ1) is 18.2. The second kappa shape index (κ2) is 14.6. The predicted molar refractivity (Wildman–Crippen MR) is 147 cm³/mol. The van der Waals surface area contributed by atoms with Crippen molar-refractivity contribution < 1.29 is 27.9 Å². The first-order valence-electron chi connectivity index (χ1n) is 13.8. The third-order valence-electron chi connectivity index (χ3n) is 7.26. The highest BCUT2D eigenvalue weighted by atomic mass is 19.3. The van der Waals surface area contributed by atoms with Gasteiger partial charge in [0.1, 0.15) is 17.8 Å². The van der Waals surface area contributed by atoms with Crippen molar-refractivity contribution in [2.24, 2.45) is 23.0 Å². The van der Waals surface area contributed by atoms with Gasteiger partial charge in [-0.15, -0.1) is 0 Å². The van der Waals surface area contributed by atoms with E-state index >= 15 is 0 Å². The average molecular weight is 553 g/mol. The van der Waals surface area contributed by atoms with Crippen LogP contribution in [-0.2, 0) is 20.8 Å². The number of ether oxygens (including phenoxy) is 1. The van der Waals surface area contributed by atoms with E-state index in [1.165, 1.54) is 4.90 Å². The van der Waals surface area contributed by atoms with Crippen molar-refractivity contribution in [2.75, 3.05) is 20.2 Å². The summed E-state index contributed by atoms with van der Waals surface area (Å²) >= 11 is 0. The molecule has 0 spiro atoms. The minimum absolute atomic E-state index is 0.0856. The van der Waals surface area contributed by atoms with E-state index in [0.29, 0.717) is 31.1 Å². The minimum atomic E-state index is -2.80. The van der Waals surface area contributed by atoms with E-state index in [1.54, 1.807) is 13.2 Å². The number of methoxy groups -OCH3 is 1. The summed E-state index contributed by atoms with van der Waals surface area (Å²) < 4.78 is 32.1. The Labute approximate surface area is 231 Å². The van der Waals surface area contributed by atoms with Gasteiger partial charge < -0.3 is 26.0 Å². The number of likely N-dealkylation sites (tertiary alicyclic amines) is 1. The Kier molecular flexibility index (Phi) is 12.1. The third kappa shape index (κ3) is 9.74. The summed E-state index contributed by atoms with van der Waals surface area (Å²) in [5.41, 5.74) is 6.59. The number of nitrogens with two attached hydrogens (primary N) is 1. The van der Waals surface area contributed by atoms with Gasteiger partial charge in [-0.3, -0.25) is 14.4 Å². The van der Waals surface area contributed by atoms with Crippen LogP contribution in [0.2, 0.25) is 0 Å². The van der Waals surface area contributed by atoms with Crippen LogP contribution in [0, 0.1) is 17.3 Å². The number of hydrogen-bond acceptors (Lipinski definition) is 5. The van der Waals surface area contributed by atoms with Gasteiger partial charge in [0.25, 0.3) is 0 Å². The summed E-state index contributed by atoms with van der Waals surface area (Å²) in [5, 5.41) is 5.17. The van der Waals surface area contributed by atoms with Gasteiger partial charge in [-0.2, -0.15) is 0 Å². The number of alkyl halides is 2. The second-order valence-electron chi connectivity index (χ2n) is 12.0. The second-order valence-corrected chi connectivity index (χ2v) is 12.0. The summed E-state index contributed by atoms with van der Waals surface area (Å²) in [6.07, 6.45) is -1.03. The average Bonchev–Trinajstić information content (AvgIpc) is 3.30.